The summed E-state index contributed by atoms with van der Waals surface area (Å²) < 4.78 is 0. The first-order valence-corrected chi connectivity index (χ1v) is 7.43. The van der Waals surface area contributed by atoms with Crippen molar-refractivity contribution in [2.24, 2.45) is 5.92 Å². The molecule has 3 heterocycles. The zero-order valence-electron chi connectivity index (χ0n) is 11.1. The van der Waals surface area contributed by atoms with E-state index in [4.69, 9.17) is 0 Å². The second-order valence-electron chi connectivity index (χ2n) is 4.97. The monoisotopic (exact) mass is 278 g/mol. The van der Waals surface area contributed by atoms with Crippen LogP contribution in [0.1, 0.15) is 13.3 Å². The van der Waals surface area contributed by atoms with Crippen LogP contribution in [0.4, 0.5) is 11.8 Å². The SMILES string of the molecule is CNc1nc(N2CCC(C)C2CO)c2ccsc2n1. The van der Waals surface area contributed by atoms with Gasteiger partial charge in [-0.3, -0.25) is 0 Å². The van der Waals surface area contributed by atoms with Crippen molar-refractivity contribution in [3.05, 3.63) is 11.4 Å². The first-order chi connectivity index (χ1) is 9.24. The molecule has 0 aliphatic carbocycles. The van der Waals surface area contributed by atoms with Gasteiger partial charge in [0.15, 0.2) is 0 Å². The molecule has 2 atom stereocenters. The fourth-order valence-electron chi connectivity index (χ4n) is 2.72. The van der Waals surface area contributed by atoms with Crippen molar-refractivity contribution >= 4 is 33.3 Å². The van der Waals surface area contributed by atoms with Gasteiger partial charge in [0.1, 0.15) is 10.6 Å². The number of aliphatic hydroxyl groups is 1. The molecular formula is C13H18N4OS. The fourth-order valence-corrected chi connectivity index (χ4v) is 3.48. The lowest BCUT2D eigenvalue weighted by atomic mass is 10.0. The molecule has 0 amide bonds. The Morgan fingerprint density at radius 2 is 2.37 bits per heavy atom. The number of nitrogens with one attached hydrogen (secondary N) is 1. The van der Waals surface area contributed by atoms with Crippen molar-refractivity contribution in [1.82, 2.24) is 9.97 Å². The first kappa shape index (κ1) is 12.6. The minimum Gasteiger partial charge on any atom is -0.394 e. The lowest BCUT2D eigenvalue weighted by Crippen LogP contribution is -2.36. The van der Waals surface area contributed by atoms with Gasteiger partial charge in [0, 0.05) is 13.6 Å². The molecule has 2 aromatic heterocycles. The van der Waals surface area contributed by atoms with E-state index in [9.17, 15) is 5.11 Å². The van der Waals surface area contributed by atoms with E-state index >= 15 is 0 Å². The van der Waals surface area contributed by atoms with Crippen LogP contribution in [0.2, 0.25) is 0 Å². The Hall–Kier alpha value is -1.40. The predicted octanol–water partition coefficient (Wildman–Crippen LogP) is 1.94. The van der Waals surface area contributed by atoms with Crippen LogP contribution in [0.5, 0.6) is 0 Å². The smallest absolute Gasteiger partial charge is 0.225 e. The van der Waals surface area contributed by atoms with Gasteiger partial charge in [-0.1, -0.05) is 6.92 Å². The minimum atomic E-state index is 0.155. The summed E-state index contributed by atoms with van der Waals surface area (Å²) in [7, 11) is 1.83. The Labute approximate surface area is 116 Å². The second kappa shape index (κ2) is 4.94. The highest BCUT2D eigenvalue weighted by Gasteiger charge is 2.32. The molecular weight excluding hydrogens is 260 g/mol. The van der Waals surface area contributed by atoms with Crippen LogP contribution in [0, 0.1) is 5.92 Å². The number of aliphatic hydroxyl groups excluding tert-OH is 1. The molecule has 2 aromatic rings. The molecule has 6 heteroatoms. The standard InChI is InChI=1S/C13H18N4OS/c1-8-3-5-17(10(8)7-18)11-9-4-6-19-12(9)16-13(14-2)15-11/h4,6,8,10,18H,3,5,7H2,1-2H3,(H,14,15,16). The van der Waals surface area contributed by atoms with Crippen LogP contribution in [-0.4, -0.2) is 41.3 Å². The van der Waals surface area contributed by atoms with Gasteiger partial charge in [0.25, 0.3) is 0 Å². The van der Waals surface area contributed by atoms with Crippen molar-refractivity contribution < 1.29 is 5.11 Å². The average molecular weight is 278 g/mol. The Balaban J connectivity index is 2.10. The van der Waals surface area contributed by atoms with Crippen molar-refractivity contribution in [2.45, 2.75) is 19.4 Å². The van der Waals surface area contributed by atoms with Crippen LogP contribution in [0.25, 0.3) is 10.2 Å². The highest BCUT2D eigenvalue weighted by molar-refractivity contribution is 7.16. The minimum absolute atomic E-state index is 0.155. The predicted molar refractivity (Wildman–Crippen MR) is 79.0 cm³/mol. The number of thiophene rings is 1. The van der Waals surface area contributed by atoms with Gasteiger partial charge in [-0.15, -0.1) is 11.3 Å². The molecule has 1 aliphatic rings. The highest BCUT2D eigenvalue weighted by Crippen LogP contribution is 2.35. The van der Waals surface area contributed by atoms with E-state index in [2.05, 4.69) is 33.2 Å². The topological polar surface area (TPSA) is 61.3 Å². The van der Waals surface area contributed by atoms with Crippen LogP contribution >= 0.6 is 11.3 Å². The molecule has 0 spiro atoms. The van der Waals surface area contributed by atoms with E-state index in [-0.39, 0.29) is 12.6 Å². The zero-order valence-corrected chi connectivity index (χ0v) is 11.9. The number of nitrogens with zero attached hydrogens (tertiary/aromatic N) is 3. The number of hydrogen-bond donors (Lipinski definition) is 2. The van der Waals surface area contributed by atoms with Gasteiger partial charge in [0.2, 0.25) is 5.95 Å². The Morgan fingerprint density at radius 3 is 3.11 bits per heavy atom. The van der Waals surface area contributed by atoms with E-state index in [0.717, 1.165) is 29.0 Å². The molecule has 0 saturated carbocycles. The van der Waals surface area contributed by atoms with E-state index < -0.39 is 0 Å². The lowest BCUT2D eigenvalue weighted by Gasteiger charge is -2.27. The summed E-state index contributed by atoms with van der Waals surface area (Å²) in [6.45, 7) is 3.30. The summed E-state index contributed by atoms with van der Waals surface area (Å²) in [5.74, 6) is 2.08. The maximum Gasteiger partial charge on any atom is 0.225 e. The van der Waals surface area contributed by atoms with E-state index in [1.54, 1.807) is 11.3 Å². The quantitative estimate of drug-likeness (QED) is 0.898. The van der Waals surface area contributed by atoms with Crippen molar-refractivity contribution in [3.8, 4) is 0 Å². The maximum atomic E-state index is 9.62. The second-order valence-corrected chi connectivity index (χ2v) is 5.86. The van der Waals surface area contributed by atoms with E-state index in [1.165, 1.54) is 0 Å². The summed E-state index contributed by atoms with van der Waals surface area (Å²) in [6.07, 6.45) is 1.09. The Kier molecular flexibility index (Phi) is 3.28. The molecule has 3 rings (SSSR count). The third-order valence-electron chi connectivity index (χ3n) is 3.87. The molecule has 2 unspecified atom stereocenters. The lowest BCUT2D eigenvalue weighted by molar-refractivity contribution is 0.244. The maximum absolute atomic E-state index is 9.62. The van der Waals surface area contributed by atoms with Crippen molar-refractivity contribution in [2.75, 3.05) is 30.4 Å². The van der Waals surface area contributed by atoms with Gasteiger partial charge in [-0.05, 0) is 23.8 Å². The molecule has 0 aromatic carbocycles. The normalized spacial score (nSPS) is 23.2. The largest absolute Gasteiger partial charge is 0.394 e. The van der Waals surface area contributed by atoms with Gasteiger partial charge < -0.3 is 15.3 Å². The third-order valence-corrected chi connectivity index (χ3v) is 4.68. The fraction of sp³-hybridized carbons (Fsp3) is 0.538. The number of aromatic nitrogens is 2. The Morgan fingerprint density at radius 1 is 1.53 bits per heavy atom. The first-order valence-electron chi connectivity index (χ1n) is 6.55. The molecule has 19 heavy (non-hydrogen) atoms. The molecule has 1 saturated heterocycles. The van der Waals surface area contributed by atoms with Crippen molar-refractivity contribution in [3.63, 3.8) is 0 Å². The number of hydrogen-bond acceptors (Lipinski definition) is 6. The number of anilines is 2. The molecule has 1 fully saturated rings. The number of fused-ring (bicyclic) bond motifs is 1. The van der Waals surface area contributed by atoms with Crippen LogP contribution < -0.4 is 10.2 Å². The highest BCUT2D eigenvalue weighted by atomic mass is 32.1. The summed E-state index contributed by atoms with van der Waals surface area (Å²) in [5.41, 5.74) is 0. The van der Waals surface area contributed by atoms with Crippen LogP contribution in [0.15, 0.2) is 11.4 Å². The van der Waals surface area contributed by atoms with Gasteiger partial charge in [0.05, 0.1) is 18.0 Å². The molecule has 5 nitrogen and oxygen atoms in total. The van der Waals surface area contributed by atoms with Crippen LogP contribution in [0.3, 0.4) is 0 Å². The van der Waals surface area contributed by atoms with Gasteiger partial charge in [-0.25, -0.2) is 4.98 Å². The molecule has 2 N–H and O–H groups in total. The summed E-state index contributed by atoms with van der Waals surface area (Å²) in [6, 6.07) is 2.22. The summed E-state index contributed by atoms with van der Waals surface area (Å²) in [5, 5.41) is 15.7. The molecule has 102 valence electrons. The molecule has 0 bridgehead atoms. The average Bonchev–Trinajstić information content (AvgIpc) is 3.03. The van der Waals surface area contributed by atoms with E-state index in [0.29, 0.717) is 11.9 Å². The molecule has 0 radical (unpaired) electrons. The summed E-state index contributed by atoms with van der Waals surface area (Å²) >= 11 is 1.62. The van der Waals surface area contributed by atoms with Gasteiger partial charge in [-0.2, -0.15) is 4.98 Å². The molecule has 1 aliphatic heterocycles. The van der Waals surface area contributed by atoms with Gasteiger partial charge >= 0.3 is 0 Å². The summed E-state index contributed by atoms with van der Waals surface area (Å²) in [4.78, 5) is 12.3. The Bertz CT molecular complexity index is 585. The number of rotatable bonds is 3. The third kappa shape index (κ3) is 2.04. The van der Waals surface area contributed by atoms with Crippen LogP contribution in [-0.2, 0) is 0 Å². The zero-order chi connectivity index (χ0) is 13.4. The van der Waals surface area contributed by atoms with E-state index in [1.807, 2.05) is 12.4 Å². The van der Waals surface area contributed by atoms with Crippen molar-refractivity contribution in [1.29, 1.82) is 0 Å².